The van der Waals surface area contributed by atoms with Gasteiger partial charge in [-0.1, -0.05) is 6.92 Å². The van der Waals surface area contributed by atoms with E-state index >= 15 is 0 Å². The summed E-state index contributed by atoms with van der Waals surface area (Å²) in [7, 11) is 0. The molecule has 0 unspecified atom stereocenters. The van der Waals surface area contributed by atoms with E-state index in [-0.39, 0.29) is 17.3 Å². The number of benzene rings is 1. The minimum Gasteiger partial charge on any atom is -0.347 e. The molecule has 2 rings (SSSR count). The van der Waals surface area contributed by atoms with Crippen LogP contribution < -0.4 is 5.32 Å². The Hall–Kier alpha value is -1.38. The molecule has 0 spiro atoms. The predicted molar refractivity (Wildman–Crippen MR) is 60.7 cm³/mol. The second kappa shape index (κ2) is 4.24. The molecule has 3 heteroatoms. The van der Waals surface area contributed by atoms with Gasteiger partial charge < -0.3 is 5.32 Å². The van der Waals surface area contributed by atoms with Crippen molar-refractivity contribution in [2.45, 2.75) is 38.1 Å². The molecule has 1 aliphatic rings. The second-order valence-corrected chi connectivity index (χ2v) is 4.45. The highest BCUT2D eigenvalue weighted by molar-refractivity contribution is 5.94. The van der Waals surface area contributed by atoms with Gasteiger partial charge in [-0.3, -0.25) is 4.79 Å². The first-order valence-corrected chi connectivity index (χ1v) is 5.73. The van der Waals surface area contributed by atoms with E-state index in [1.165, 1.54) is 30.7 Å². The van der Waals surface area contributed by atoms with Crippen LogP contribution in [0.4, 0.5) is 4.39 Å². The van der Waals surface area contributed by atoms with Gasteiger partial charge in [0.2, 0.25) is 0 Å². The first kappa shape index (κ1) is 11.1. The molecule has 0 atom stereocenters. The summed E-state index contributed by atoms with van der Waals surface area (Å²) in [5.74, 6) is -0.410. The highest BCUT2D eigenvalue weighted by atomic mass is 19.1. The van der Waals surface area contributed by atoms with Crippen molar-refractivity contribution < 1.29 is 9.18 Å². The fourth-order valence-electron chi connectivity index (χ4n) is 2.08. The monoisotopic (exact) mass is 221 g/mol. The molecule has 86 valence electrons. The number of hydrogen-bond acceptors (Lipinski definition) is 1. The third-order valence-corrected chi connectivity index (χ3v) is 3.47. The molecule has 0 aromatic heterocycles. The van der Waals surface area contributed by atoms with Gasteiger partial charge in [-0.2, -0.15) is 0 Å². The zero-order chi connectivity index (χ0) is 11.6. The molecule has 1 aliphatic carbocycles. The van der Waals surface area contributed by atoms with Crippen molar-refractivity contribution in [2.24, 2.45) is 0 Å². The van der Waals surface area contributed by atoms with Crippen molar-refractivity contribution in [3.05, 3.63) is 35.6 Å². The molecular formula is C13H16FNO. The Balaban J connectivity index is 2.05. The van der Waals surface area contributed by atoms with E-state index in [1.807, 2.05) is 0 Å². The Kier molecular flexibility index (Phi) is 2.95. The summed E-state index contributed by atoms with van der Waals surface area (Å²) < 4.78 is 12.7. The van der Waals surface area contributed by atoms with Gasteiger partial charge >= 0.3 is 0 Å². The quantitative estimate of drug-likeness (QED) is 0.835. The summed E-state index contributed by atoms with van der Waals surface area (Å²) in [6.45, 7) is 2.09. The van der Waals surface area contributed by atoms with Crippen LogP contribution in [0, 0.1) is 5.82 Å². The molecule has 2 nitrogen and oxygen atoms in total. The average molecular weight is 221 g/mol. The lowest BCUT2D eigenvalue weighted by atomic mass is 9.74. The van der Waals surface area contributed by atoms with Crippen LogP contribution >= 0.6 is 0 Å². The fraction of sp³-hybridized carbons (Fsp3) is 0.462. The lowest BCUT2D eigenvalue weighted by molar-refractivity contribution is 0.0820. The topological polar surface area (TPSA) is 29.1 Å². The highest BCUT2D eigenvalue weighted by Crippen LogP contribution is 2.34. The maximum Gasteiger partial charge on any atom is 0.251 e. The van der Waals surface area contributed by atoms with Crippen molar-refractivity contribution >= 4 is 5.91 Å². The third-order valence-electron chi connectivity index (χ3n) is 3.47. The highest BCUT2D eigenvalue weighted by Gasteiger charge is 2.36. The second-order valence-electron chi connectivity index (χ2n) is 4.45. The van der Waals surface area contributed by atoms with Gasteiger partial charge in [-0.25, -0.2) is 4.39 Å². The molecule has 1 N–H and O–H groups in total. The van der Waals surface area contributed by atoms with Crippen LogP contribution in [0.25, 0.3) is 0 Å². The first-order chi connectivity index (χ1) is 7.65. The molecule has 1 aromatic carbocycles. The normalized spacial score (nSPS) is 17.6. The summed E-state index contributed by atoms with van der Waals surface area (Å²) in [5.41, 5.74) is 0.520. The molecule has 1 saturated carbocycles. The Morgan fingerprint density at radius 1 is 1.38 bits per heavy atom. The Bertz CT molecular complexity index is 376. The van der Waals surface area contributed by atoms with Crippen LogP contribution in [0.1, 0.15) is 43.0 Å². The number of hydrogen-bond donors (Lipinski definition) is 1. The van der Waals surface area contributed by atoms with E-state index in [1.54, 1.807) is 0 Å². The standard InChI is InChI=1S/C13H16FNO/c1-2-13(8-3-9-13)15-12(16)10-4-6-11(14)7-5-10/h4-7H,2-3,8-9H2,1H3,(H,15,16). The van der Waals surface area contributed by atoms with Crippen molar-refractivity contribution in [3.8, 4) is 0 Å². The van der Waals surface area contributed by atoms with Crippen LogP contribution in [-0.4, -0.2) is 11.4 Å². The van der Waals surface area contributed by atoms with E-state index in [0.717, 1.165) is 19.3 Å². The van der Waals surface area contributed by atoms with E-state index < -0.39 is 0 Å². The van der Waals surface area contributed by atoms with Crippen molar-refractivity contribution in [3.63, 3.8) is 0 Å². The van der Waals surface area contributed by atoms with Crippen LogP contribution in [0.2, 0.25) is 0 Å². The molecule has 1 amide bonds. The number of nitrogens with one attached hydrogen (secondary N) is 1. The number of halogens is 1. The van der Waals surface area contributed by atoms with Gasteiger partial charge in [0.05, 0.1) is 0 Å². The van der Waals surface area contributed by atoms with Crippen LogP contribution in [0.5, 0.6) is 0 Å². The maximum atomic E-state index is 12.7. The molecule has 0 aliphatic heterocycles. The van der Waals surface area contributed by atoms with Gasteiger partial charge in [-0.15, -0.1) is 0 Å². The summed E-state index contributed by atoms with van der Waals surface area (Å²) >= 11 is 0. The van der Waals surface area contributed by atoms with Crippen molar-refractivity contribution in [2.75, 3.05) is 0 Å². The molecule has 0 saturated heterocycles. The van der Waals surface area contributed by atoms with E-state index in [9.17, 15) is 9.18 Å². The van der Waals surface area contributed by atoms with Crippen LogP contribution in [0.3, 0.4) is 0 Å². The average Bonchev–Trinajstić information content (AvgIpc) is 2.24. The van der Waals surface area contributed by atoms with Gasteiger partial charge in [0.15, 0.2) is 0 Å². The van der Waals surface area contributed by atoms with E-state index in [4.69, 9.17) is 0 Å². The van der Waals surface area contributed by atoms with Crippen molar-refractivity contribution in [1.29, 1.82) is 0 Å². The Morgan fingerprint density at radius 3 is 2.44 bits per heavy atom. The first-order valence-electron chi connectivity index (χ1n) is 5.73. The zero-order valence-corrected chi connectivity index (χ0v) is 9.42. The SMILES string of the molecule is CCC1(NC(=O)c2ccc(F)cc2)CCC1. The predicted octanol–water partition coefficient (Wildman–Crippen LogP) is 2.89. The van der Waals surface area contributed by atoms with E-state index in [2.05, 4.69) is 12.2 Å². The summed E-state index contributed by atoms with van der Waals surface area (Å²) in [6, 6.07) is 5.67. The summed E-state index contributed by atoms with van der Waals surface area (Å²) in [6.07, 6.45) is 4.24. The molecule has 1 fully saturated rings. The fourth-order valence-corrected chi connectivity index (χ4v) is 2.08. The van der Waals surface area contributed by atoms with Crippen LogP contribution in [0.15, 0.2) is 24.3 Å². The van der Waals surface area contributed by atoms with Crippen molar-refractivity contribution in [1.82, 2.24) is 5.32 Å². The van der Waals surface area contributed by atoms with Gasteiger partial charge in [0, 0.05) is 11.1 Å². The minimum atomic E-state index is -0.314. The van der Waals surface area contributed by atoms with Crippen LogP contribution in [-0.2, 0) is 0 Å². The van der Waals surface area contributed by atoms with E-state index in [0.29, 0.717) is 5.56 Å². The zero-order valence-electron chi connectivity index (χ0n) is 9.42. The molecule has 16 heavy (non-hydrogen) atoms. The number of amides is 1. The van der Waals surface area contributed by atoms with Gasteiger partial charge in [0.1, 0.15) is 5.82 Å². The number of rotatable bonds is 3. The smallest absolute Gasteiger partial charge is 0.251 e. The summed E-state index contributed by atoms with van der Waals surface area (Å²) in [5, 5.41) is 3.05. The lowest BCUT2D eigenvalue weighted by Crippen LogP contribution is -2.52. The molecular weight excluding hydrogens is 205 g/mol. The summed E-state index contributed by atoms with van der Waals surface area (Å²) in [4.78, 5) is 11.9. The Morgan fingerprint density at radius 2 is 2.00 bits per heavy atom. The number of carbonyl (C=O) groups is 1. The third kappa shape index (κ3) is 2.08. The molecule has 1 aromatic rings. The molecule has 0 heterocycles. The number of carbonyl (C=O) groups excluding carboxylic acids is 1. The van der Waals surface area contributed by atoms with Gasteiger partial charge in [0.25, 0.3) is 5.91 Å². The molecule has 0 radical (unpaired) electrons. The van der Waals surface area contributed by atoms with Gasteiger partial charge in [-0.05, 0) is 49.9 Å². The maximum absolute atomic E-state index is 12.7. The Labute approximate surface area is 94.9 Å². The molecule has 0 bridgehead atoms. The lowest BCUT2D eigenvalue weighted by Gasteiger charge is -2.42. The largest absolute Gasteiger partial charge is 0.347 e. The minimum absolute atomic E-state index is 0.00846.